The number of aliphatic carboxylic acids is 1. The third-order valence-corrected chi connectivity index (χ3v) is 6.49. The minimum absolute atomic E-state index is 0.0421. The largest absolute Gasteiger partial charge is 0.481 e. The number of carboxylic acids is 1. The summed E-state index contributed by atoms with van der Waals surface area (Å²) in [5.41, 5.74) is -0.372. The van der Waals surface area contributed by atoms with E-state index in [1.807, 2.05) is 30.3 Å². The van der Waals surface area contributed by atoms with E-state index in [-0.39, 0.29) is 25.3 Å². The van der Waals surface area contributed by atoms with Crippen molar-refractivity contribution in [1.82, 2.24) is 5.32 Å². The first-order chi connectivity index (χ1) is 13.7. The molecule has 0 saturated heterocycles. The number of carbonyl (C=O) groups is 2. The van der Waals surface area contributed by atoms with Crippen LogP contribution in [-0.4, -0.2) is 40.7 Å². The first kappa shape index (κ1) is 26.3. The van der Waals surface area contributed by atoms with Crippen LogP contribution >= 0.6 is 7.37 Å². The van der Waals surface area contributed by atoms with E-state index in [1.165, 1.54) is 0 Å². The Bertz CT molecular complexity index is 736. The summed E-state index contributed by atoms with van der Waals surface area (Å²) >= 11 is 0. The highest BCUT2D eigenvalue weighted by atomic mass is 31.2. The van der Waals surface area contributed by atoms with Crippen LogP contribution < -0.4 is 5.32 Å². The van der Waals surface area contributed by atoms with Crippen molar-refractivity contribution in [2.75, 3.05) is 12.4 Å². The molecule has 7 nitrogen and oxygen atoms in total. The average molecular weight is 442 g/mol. The van der Waals surface area contributed by atoms with Gasteiger partial charge >= 0.3 is 11.9 Å². The summed E-state index contributed by atoms with van der Waals surface area (Å²) < 4.78 is 25.1. The molecule has 0 aliphatic heterocycles. The van der Waals surface area contributed by atoms with Crippen LogP contribution in [0.25, 0.3) is 0 Å². The van der Waals surface area contributed by atoms with Crippen LogP contribution in [0.2, 0.25) is 0 Å². The molecule has 170 valence electrons. The van der Waals surface area contributed by atoms with Gasteiger partial charge in [-0.25, -0.2) is 0 Å². The number of esters is 1. The Hall–Kier alpha value is -1.69. The zero-order valence-electron chi connectivity index (χ0n) is 18.9. The molecule has 0 spiro atoms. The molecule has 0 amide bonds. The maximum atomic E-state index is 13.7. The maximum absolute atomic E-state index is 13.7. The predicted molar refractivity (Wildman–Crippen MR) is 118 cm³/mol. The number of hydrogen-bond acceptors (Lipinski definition) is 6. The molecule has 8 heteroatoms. The Labute approximate surface area is 180 Å². The summed E-state index contributed by atoms with van der Waals surface area (Å²) in [5.74, 6) is -2.39. The molecule has 30 heavy (non-hydrogen) atoms. The van der Waals surface area contributed by atoms with Crippen LogP contribution in [0, 0.1) is 5.92 Å². The van der Waals surface area contributed by atoms with Gasteiger partial charge in [0.15, 0.2) is 0 Å². The second kappa shape index (κ2) is 11.1. The van der Waals surface area contributed by atoms with Gasteiger partial charge < -0.3 is 19.7 Å². The van der Waals surface area contributed by atoms with Crippen LogP contribution in [0.4, 0.5) is 0 Å². The van der Waals surface area contributed by atoms with Gasteiger partial charge in [-0.05, 0) is 53.5 Å². The molecule has 0 saturated carbocycles. The third kappa shape index (κ3) is 11.5. The van der Waals surface area contributed by atoms with Gasteiger partial charge in [0.25, 0.3) is 0 Å². The lowest BCUT2D eigenvalue weighted by Gasteiger charge is -2.31. The van der Waals surface area contributed by atoms with Gasteiger partial charge in [-0.3, -0.25) is 14.2 Å². The van der Waals surface area contributed by atoms with Crippen molar-refractivity contribution in [3.63, 3.8) is 0 Å². The molecule has 0 aliphatic carbocycles. The molecule has 1 aromatic carbocycles. The Morgan fingerprint density at radius 3 is 2.17 bits per heavy atom. The first-order valence-electron chi connectivity index (χ1n) is 10.2. The maximum Gasteiger partial charge on any atom is 0.310 e. The van der Waals surface area contributed by atoms with Gasteiger partial charge in [-0.1, -0.05) is 30.3 Å². The van der Waals surface area contributed by atoms with E-state index >= 15 is 0 Å². The summed E-state index contributed by atoms with van der Waals surface area (Å²) in [5, 5.41) is 12.2. The fourth-order valence-electron chi connectivity index (χ4n) is 2.90. The molecule has 0 fully saturated rings. The normalized spacial score (nSPS) is 15.3. The highest BCUT2D eigenvalue weighted by Gasteiger charge is 2.36. The summed E-state index contributed by atoms with van der Waals surface area (Å²) in [4.78, 5) is 23.8. The predicted octanol–water partition coefficient (Wildman–Crippen LogP) is 4.65. The molecule has 0 bridgehead atoms. The van der Waals surface area contributed by atoms with E-state index in [0.29, 0.717) is 6.54 Å². The van der Waals surface area contributed by atoms with Crippen LogP contribution in [0.15, 0.2) is 30.3 Å². The van der Waals surface area contributed by atoms with Crippen molar-refractivity contribution in [3.05, 3.63) is 35.9 Å². The van der Waals surface area contributed by atoms with Gasteiger partial charge in [-0.2, -0.15) is 0 Å². The average Bonchev–Trinajstić information content (AvgIpc) is 2.56. The SMILES string of the molecule is CC(C)(C)OC(=O)C(CCC(=O)O)CP(=O)(CNCc1ccccc1)OC(C)(C)C. The molecular weight excluding hydrogens is 405 g/mol. The van der Waals surface area contributed by atoms with Crippen LogP contribution in [-0.2, 0) is 30.0 Å². The van der Waals surface area contributed by atoms with Gasteiger partial charge in [0, 0.05) is 19.1 Å². The van der Waals surface area contributed by atoms with E-state index < -0.39 is 36.4 Å². The summed E-state index contributed by atoms with van der Waals surface area (Å²) in [6.07, 6.45) is -0.170. The van der Waals surface area contributed by atoms with Gasteiger partial charge in [0.2, 0.25) is 7.37 Å². The molecule has 2 unspecified atom stereocenters. The monoisotopic (exact) mass is 441 g/mol. The Balaban J connectivity index is 2.97. The smallest absolute Gasteiger partial charge is 0.310 e. The van der Waals surface area contributed by atoms with Crippen molar-refractivity contribution in [2.24, 2.45) is 5.92 Å². The van der Waals surface area contributed by atoms with Crippen LogP contribution in [0.5, 0.6) is 0 Å². The Kier molecular flexibility index (Phi) is 9.73. The minimum Gasteiger partial charge on any atom is -0.481 e. The molecule has 0 heterocycles. The molecule has 2 atom stereocenters. The Morgan fingerprint density at radius 1 is 1.07 bits per heavy atom. The highest BCUT2D eigenvalue weighted by Crippen LogP contribution is 2.51. The highest BCUT2D eigenvalue weighted by molar-refractivity contribution is 7.59. The van der Waals surface area contributed by atoms with Crippen molar-refractivity contribution in [1.29, 1.82) is 0 Å². The van der Waals surface area contributed by atoms with Gasteiger partial charge in [0.1, 0.15) is 5.60 Å². The summed E-state index contributed by atoms with van der Waals surface area (Å²) in [6.45, 7) is 11.1. The van der Waals surface area contributed by atoms with Gasteiger partial charge in [-0.15, -0.1) is 0 Å². The van der Waals surface area contributed by atoms with E-state index in [0.717, 1.165) is 5.56 Å². The number of benzene rings is 1. The van der Waals surface area contributed by atoms with E-state index in [2.05, 4.69) is 5.32 Å². The molecule has 0 aliphatic rings. The number of hydrogen-bond donors (Lipinski definition) is 2. The molecule has 0 radical (unpaired) electrons. The summed E-state index contributed by atoms with van der Waals surface area (Å²) in [7, 11) is -3.32. The standard InChI is InChI=1S/C22H36NO6P/c1-21(2,3)28-20(26)18(12-13-19(24)25)15-30(27,29-22(4,5)6)16-23-14-17-10-8-7-9-11-17/h7-11,18,23H,12-16H2,1-6H3,(H,24,25). The van der Waals surface area contributed by atoms with E-state index in [1.54, 1.807) is 41.5 Å². The van der Waals surface area contributed by atoms with Crippen molar-refractivity contribution < 1.29 is 28.5 Å². The Morgan fingerprint density at radius 2 is 1.67 bits per heavy atom. The second-order valence-electron chi connectivity index (χ2n) is 9.43. The first-order valence-corrected chi connectivity index (χ1v) is 12.2. The molecule has 0 aromatic heterocycles. The topological polar surface area (TPSA) is 102 Å². The fraction of sp³-hybridized carbons (Fsp3) is 0.636. The number of rotatable bonds is 11. The fourth-order valence-corrected chi connectivity index (χ4v) is 5.62. The van der Waals surface area contributed by atoms with E-state index in [9.17, 15) is 14.2 Å². The molecule has 1 rings (SSSR count). The van der Waals surface area contributed by atoms with Crippen LogP contribution in [0.1, 0.15) is 59.9 Å². The number of carboxylic acid groups (broad SMARTS) is 1. The van der Waals surface area contributed by atoms with Crippen LogP contribution in [0.3, 0.4) is 0 Å². The quantitative estimate of drug-likeness (QED) is 0.381. The molecular formula is C22H36NO6P. The minimum atomic E-state index is -3.32. The lowest BCUT2D eigenvalue weighted by atomic mass is 10.1. The summed E-state index contributed by atoms with van der Waals surface area (Å²) in [6, 6.07) is 9.68. The lowest BCUT2D eigenvalue weighted by molar-refractivity contribution is -0.159. The lowest BCUT2D eigenvalue weighted by Crippen LogP contribution is -2.33. The number of nitrogens with one attached hydrogen (secondary N) is 1. The van der Waals surface area contributed by atoms with Crippen molar-refractivity contribution >= 4 is 19.3 Å². The number of ether oxygens (including phenoxy) is 1. The van der Waals surface area contributed by atoms with Gasteiger partial charge in [0.05, 0.1) is 17.8 Å². The second-order valence-corrected chi connectivity index (χ2v) is 11.9. The third-order valence-electron chi connectivity index (χ3n) is 3.91. The number of carbonyl (C=O) groups excluding carboxylic acids is 1. The molecule has 2 N–H and O–H groups in total. The van der Waals surface area contributed by atoms with Crippen molar-refractivity contribution in [2.45, 2.75) is 72.1 Å². The molecule has 1 aromatic rings. The van der Waals surface area contributed by atoms with Crippen molar-refractivity contribution in [3.8, 4) is 0 Å². The van der Waals surface area contributed by atoms with E-state index in [4.69, 9.17) is 14.4 Å². The zero-order chi connectivity index (χ0) is 23.0. The zero-order valence-corrected chi connectivity index (χ0v) is 19.8.